The Bertz CT molecular complexity index is 618. The lowest BCUT2D eigenvalue weighted by Gasteiger charge is -2.32. The molecule has 2 aliphatic rings. The standard InChI is InChI=1S/C18H23BClFO3/c1-17(2)18(3,4)24-19(23-17)16(21)13-9-12(10-13)11-22-15-7-5-14(20)6-8-15/h5-8,12H,9-11H2,1-4H3. The molecule has 0 bridgehead atoms. The maximum absolute atomic E-state index is 14.6. The van der Waals surface area contributed by atoms with Crippen molar-refractivity contribution in [2.45, 2.75) is 51.7 Å². The van der Waals surface area contributed by atoms with Gasteiger partial charge in [0.2, 0.25) is 0 Å². The smallest absolute Gasteiger partial charge is 0.493 e. The van der Waals surface area contributed by atoms with Crippen LogP contribution in [-0.2, 0) is 9.31 Å². The van der Waals surface area contributed by atoms with Crippen molar-refractivity contribution in [3.63, 3.8) is 0 Å². The van der Waals surface area contributed by atoms with Crippen LogP contribution in [-0.4, -0.2) is 24.9 Å². The number of hydrogen-bond acceptors (Lipinski definition) is 3. The molecule has 0 unspecified atom stereocenters. The lowest BCUT2D eigenvalue weighted by molar-refractivity contribution is 0.00578. The van der Waals surface area contributed by atoms with E-state index in [0.717, 1.165) is 11.3 Å². The predicted molar refractivity (Wildman–Crippen MR) is 93.9 cm³/mol. The molecule has 1 aliphatic heterocycles. The third-order valence-electron chi connectivity index (χ3n) is 5.17. The lowest BCUT2D eigenvalue weighted by atomic mass is 9.73. The molecular formula is C18H23BClFO3. The zero-order chi connectivity index (χ0) is 17.5. The third kappa shape index (κ3) is 3.49. The zero-order valence-electron chi connectivity index (χ0n) is 14.6. The highest BCUT2D eigenvalue weighted by Crippen LogP contribution is 2.43. The van der Waals surface area contributed by atoms with Crippen LogP contribution >= 0.6 is 11.6 Å². The summed E-state index contributed by atoms with van der Waals surface area (Å²) in [4.78, 5) is 0. The van der Waals surface area contributed by atoms with Crippen LogP contribution < -0.4 is 4.74 Å². The molecule has 2 fully saturated rings. The van der Waals surface area contributed by atoms with Crippen LogP contribution in [0.2, 0.25) is 5.02 Å². The minimum atomic E-state index is -0.886. The quantitative estimate of drug-likeness (QED) is 0.715. The highest BCUT2D eigenvalue weighted by molar-refractivity contribution is 6.53. The van der Waals surface area contributed by atoms with E-state index in [1.54, 1.807) is 12.1 Å². The highest BCUT2D eigenvalue weighted by Gasteiger charge is 2.54. The van der Waals surface area contributed by atoms with Crippen molar-refractivity contribution in [1.82, 2.24) is 0 Å². The monoisotopic (exact) mass is 352 g/mol. The van der Waals surface area contributed by atoms with E-state index in [1.165, 1.54) is 0 Å². The summed E-state index contributed by atoms with van der Waals surface area (Å²) in [7, 11) is -0.886. The first-order chi connectivity index (χ1) is 11.2. The third-order valence-corrected chi connectivity index (χ3v) is 5.42. The number of halogens is 2. The highest BCUT2D eigenvalue weighted by atomic mass is 35.5. The molecule has 1 aromatic carbocycles. The van der Waals surface area contributed by atoms with E-state index in [2.05, 4.69) is 0 Å². The summed E-state index contributed by atoms with van der Waals surface area (Å²) < 4.78 is 31.8. The Hall–Kier alpha value is -1.04. The van der Waals surface area contributed by atoms with Crippen molar-refractivity contribution in [1.29, 1.82) is 0 Å². The van der Waals surface area contributed by atoms with Crippen LogP contribution in [0, 0.1) is 5.92 Å². The Kier molecular flexibility index (Phi) is 4.71. The molecule has 0 aromatic heterocycles. The van der Waals surface area contributed by atoms with Gasteiger partial charge in [0, 0.05) is 10.9 Å². The fraction of sp³-hybridized carbons (Fsp3) is 0.556. The molecule has 0 amide bonds. The van der Waals surface area contributed by atoms with Crippen LogP contribution in [0.3, 0.4) is 0 Å². The van der Waals surface area contributed by atoms with Gasteiger partial charge in [-0.15, -0.1) is 0 Å². The topological polar surface area (TPSA) is 27.7 Å². The van der Waals surface area contributed by atoms with Gasteiger partial charge in [0.05, 0.1) is 17.8 Å². The summed E-state index contributed by atoms with van der Waals surface area (Å²) >= 11 is 5.84. The van der Waals surface area contributed by atoms with Crippen molar-refractivity contribution in [3.05, 3.63) is 40.6 Å². The zero-order valence-corrected chi connectivity index (χ0v) is 15.3. The van der Waals surface area contributed by atoms with Gasteiger partial charge in [-0.2, -0.15) is 0 Å². The van der Waals surface area contributed by atoms with Gasteiger partial charge in [0.1, 0.15) is 11.5 Å². The normalized spacial score (nSPS) is 24.7. The molecule has 0 spiro atoms. The Morgan fingerprint density at radius 3 is 2.25 bits per heavy atom. The molecule has 130 valence electrons. The van der Waals surface area contributed by atoms with Crippen LogP contribution in [0.4, 0.5) is 4.39 Å². The first-order valence-electron chi connectivity index (χ1n) is 8.29. The molecule has 0 atom stereocenters. The van der Waals surface area contributed by atoms with Gasteiger partial charge in [-0.1, -0.05) is 11.6 Å². The SMILES string of the molecule is CC1(C)OB(C(F)=C2CC(COc3ccc(Cl)cc3)C2)OC1(C)C. The molecule has 3 rings (SSSR count). The van der Waals surface area contributed by atoms with Gasteiger partial charge in [0.15, 0.2) is 0 Å². The molecule has 1 heterocycles. The van der Waals surface area contributed by atoms with Crippen molar-refractivity contribution >= 4 is 18.7 Å². The summed E-state index contributed by atoms with van der Waals surface area (Å²) in [5.74, 6) is 1.10. The molecular weight excluding hydrogens is 329 g/mol. The van der Waals surface area contributed by atoms with Crippen LogP contribution in [0.25, 0.3) is 0 Å². The summed E-state index contributed by atoms with van der Waals surface area (Å²) in [6.07, 6.45) is 1.37. The fourth-order valence-corrected chi connectivity index (χ4v) is 2.93. The second kappa shape index (κ2) is 6.36. The Morgan fingerprint density at radius 1 is 1.17 bits per heavy atom. The predicted octanol–water partition coefficient (Wildman–Crippen LogP) is 4.98. The van der Waals surface area contributed by atoms with E-state index in [1.807, 2.05) is 39.8 Å². The summed E-state index contributed by atoms with van der Waals surface area (Å²) in [6.45, 7) is 8.27. The van der Waals surface area contributed by atoms with E-state index in [4.69, 9.17) is 25.6 Å². The average molecular weight is 353 g/mol. The minimum absolute atomic E-state index is 0.267. The molecule has 1 aliphatic carbocycles. The second-order valence-electron chi connectivity index (χ2n) is 7.58. The Balaban J connectivity index is 1.52. The van der Waals surface area contributed by atoms with Crippen LogP contribution in [0.15, 0.2) is 35.6 Å². The number of rotatable bonds is 4. The average Bonchev–Trinajstić information content (AvgIpc) is 2.67. The maximum Gasteiger partial charge on any atom is 0.525 e. The number of allylic oxidation sites excluding steroid dienone is 1. The fourth-order valence-electron chi connectivity index (χ4n) is 2.81. The van der Waals surface area contributed by atoms with Crippen molar-refractivity contribution < 1.29 is 18.4 Å². The van der Waals surface area contributed by atoms with E-state index < -0.39 is 18.3 Å². The second-order valence-corrected chi connectivity index (χ2v) is 8.02. The van der Waals surface area contributed by atoms with Gasteiger partial charge >= 0.3 is 7.12 Å². The van der Waals surface area contributed by atoms with Gasteiger partial charge in [-0.25, -0.2) is 4.39 Å². The number of hydrogen-bond donors (Lipinski definition) is 0. The Labute approximate surface area is 148 Å². The van der Waals surface area contributed by atoms with E-state index in [9.17, 15) is 4.39 Å². The molecule has 6 heteroatoms. The van der Waals surface area contributed by atoms with E-state index >= 15 is 0 Å². The molecule has 1 aromatic rings. The Morgan fingerprint density at radius 2 is 1.71 bits per heavy atom. The molecule has 0 N–H and O–H groups in total. The lowest BCUT2D eigenvalue weighted by Crippen LogP contribution is -2.41. The largest absolute Gasteiger partial charge is 0.525 e. The maximum atomic E-state index is 14.6. The summed E-state index contributed by atoms with van der Waals surface area (Å²) in [6, 6.07) is 7.26. The van der Waals surface area contributed by atoms with Gasteiger partial charge < -0.3 is 14.0 Å². The summed E-state index contributed by atoms with van der Waals surface area (Å²) in [5, 5.41) is 0.681. The number of ether oxygens (including phenoxy) is 1. The van der Waals surface area contributed by atoms with Crippen LogP contribution in [0.1, 0.15) is 40.5 Å². The molecule has 0 radical (unpaired) electrons. The molecule has 24 heavy (non-hydrogen) atoms. The van der Waals surface area contributed by atoms with E-state index in [0.29, 0.717) is 30.4 Å². The molecule has 1 saturated carbocycles. The number of benzene rings is 1. The minimum Gasteiger partial charge on any atom is -0.493 e. The van der Waals surface area contributed by atoms with Gasteiger partial charge in [-0.3, -0.25) is 0 Å². The summed E-state index contributed by atoms with van der Waals surface area (Å²) in [5.41, 5.74) is -0.526. The van der Waals surface area contributed by atoms with Crippen molar-refractivity contribution in [2.24, 2.45) is 5.92 Å². The van der Waals surface area contributed by atoms with Crippen LogP contribution in [0.5, 0.6) is 5.75 Å². The first kappa shape index (κ1) is 17.8. The first-order valence-corrected chi connectivity index (χ1v) is 8.67. The van der Waals surface area contributed by atoms with Gasteiger partial charge in [0.25, 0.3) is 0 Å². The van der Waals surface area contributed by atoms with E-state index in [-0.39, 0.29) is 5.73 Å². The molecule has 1 saturated heterocycles. The molecule has 3 nitrogen and oxygen atoms in total. The van der Waals surface area contributed by atoms with Crippen molar-refractivity contribution in [2.75, 3.05) is 6.61 Å². The van der Waals surface area contributed by atoms with Gasteiger partial charge in [-0.05, 0) is 70.4 Å². The van der Waals surface area contributed by atoms with Crippen molar-refractivity contribution in [3.8, 4) is 5.75 Å².